The largest absolute Gasteiger partial charge is 0.469 e. The molecule has 6 atom stereocenters. The van der Waals surface area contributed by atoms with Gasteiger partial charge in [0.25, 0.3) is 0 Å². The van der Waals surface area contributed by atoms with Crippen LogP contribution in [0.4, 0.5) is 0 Å². The second-order valence-corrected chi connectivity index (χ2v) is 17.7. The van der Waals surface area contributed by atoms with Crippen molar-refractivity contribution in [3.05, 3.63) is 24.3 Å². The molecule has 1 fully saturated rings. The zero-order valence-corrected chi connectivity index (χ0v) is 36.2. The molecule has 12 heteroatoms. The lowest BCUT2D eigenvalue weighted by molar-refractivity contribution is -0.161. The van der Waals surface area contributed by atoms with Crippen LogP contribution in [0.5, 0.6) is 0 Å². The van der Waals surface area contributed by atoms with E-state index in [1.807, 2.05) is 18.2 Å². The number of hydrogen-bond donors (Lipinski definition) is 5. The molecule has 0 bridgehead atoms. The third kappa shape index (κ3) is 29.6. The number of carbonyl (C=O) groups is 2. The summed E-state index contributed by atoms with van der Waals surface area (Å²) in [5, 5.41) is 31.2. The Kier molecular flexibility index (Phi) is 31.1. The van der Waals surface area contributed by atoms with Gasteiger partial charge in [-0.25, -0.2) is 4.57 Å². The second kappa shape index (κ2) is 33.3. The number of esters is 2. The van der Waals surface area contributed by atoms with Gasteiger partial charge in [0.1, 0.15) is 6.61 Å². The molecule has 1 saturated carbocycles. The minimum absolute atomic E-state index is 0.0924. The molecule has 11 nitrogen and oxygen atoms in total. The summed E-state index contributed by atoms with van der Waals surface area (Å²) in [6.07, 6.45) is 30.0. The summed E-state index contributed by atoms with van der Waals surface area (Å²) in [7, 11) is -4.81. The molecule has 1 rings (SSSR count). The highest BCUT2D eigenvalue weighted by atomic mass is 31.2. The van der Waals surface area contributed by atoms with Crippen LogP contribution in [0.1, 0.15) is 188 Å². The van der Waals surface area contributed by atoms with Gasteiger partial charge >= 0.3 is 19.8 Å². The van der Waals surface area contributed by atoms with E-state index >= 15 is 0 Å². The number of phosphoric acid groups is 1. The predicted molar refractivity (Wildman–Crippen MR) is 223 cm³/mol. The van der Waals surface area contributed by atoms with Crippen LogP contribution in [0.25, 0.3) is 0 Å². The van der Waals surface area contributed by atoms with Crippen LogP contribution in [-0.4, -0.2) is 74.7 Å². The predicted octanol–water partition coefficient (Wildman–Crippen LogP) is 9.81. The number of aliphatic hydroxyl groups excluding tert-OH is 3. The maximum atomic E-state index is 12.5. The van der Waals surface area contributed by atoms with Crippen molar-refractivity contribution >= 4 is 19.8 Å². The topological polar surface area (TPSA) is 180 Å². The number of rotatable bonds is 36. The van der Waals surface area contributed by atoms with Crippen LogP contribution in [0.15, 0.2) is 24.3 Å². The molecule has 0 spiro atoms. The van der Waals surface area contributed by atoms with Gasteiger partial charge < -0.3 is 34.6 Å². The number of unbranched alkanes of at least 4 members (excludes halogenated alkanes) is 17. The van der Waals surface area contributed by atoms with Gasteiger partial charge in [-0.05, 0) is 43.9 Å². The normalized spacial score (nSPS) is 20.0. The lowest BCUT2D eigenvalue weighted by atomic mass is 9.89. The van der Waals surface area contributed by atoms with Crippen LogP contribution in [0.3, 0.4) is 0 Å². The third-order valence-electron chi connectivity index (χ3n) is 10.7. The van der Waals surface area contributed by atoms with E-state index in [4.69, 9.17) is 19.3 Å². The molecule has 0 aromatic heterocycles. The summed E-state index contributed by atoms with van der Waals surface area (Å²) in [5.74, 6) is -0.648. The molecule has 1 aliphatic rings. The van der Waals surface area contributed by atoms with Gasteiger partial charge in [-0.3, -0.25) is 14.1 Å². The van der Waals surface area contributed by atoms with Crippen LogP contribution < -0.4 is 0 Å². The number of phosphoric ester groups is 1. The first-order chi connectivity index (χ1) is 26.8. The van der Waals surface area contributed by atoms with Gasteiger partial charge in [0, 0.05) is 25.2 Å². The molecule has 5 N–H and O–H groups in total. The van der Waals surface area contributed by atoms with Crippen molar-refractivity contribution in [3.63, 3.8) is 0 Å². The Morgan fingerprint density at radius 3 is 1.84 bits per heavy atom. The highest BCUT2D eigenvalue weighted by Gasteiger charge is 2.39. The summed E-state index contributed by atoms with van der Waals surface area (Å²) in [6, 6.07) is 0. The van der Waals surface area contributed by atoms with Crippen LogP contribution in [-0.2, 0) is 28.2 Å². The van der Waals surface area contributed by atoms with Gasteiger partial charge in [0.15, 0.2) is 6.10 Å². The molecular formula is C44H81O11P. The number of ether oxygens (including phenoxy) is 2. The van der Waals surface area contributed by atoms with Crippen molar-refractivity contribution in [1.82, 2.24) is 0 Å². The Morgan fingerprint density at radius 2 is 1.27 bits per heavy atom. The SMILES string of the molecule is CCCCC[C@H](O)/C=C/[C@@H]1[C@@H](C/C=C/CCCC(=O)OC[C@H](COP(=O)(O)O)OC(=O)CCCCCCCCCCCCCCCCCC(C)C)[C@@H](O)C[C@H]1O. The highest BCUT2D eigenvalue weighted by molar-refractivity contribution is 7.46. The van der Waals surface area contributed by atoms with Crippen molar-refractivity contribution in [2.24, 2.45) is 17.8 Å². The van der Waals surface area contributed by atoms with Crippen molar-refractivity contribution in [2.75, 3.05) is 13.2 Å². The first-order valence-electron chi connectivity index (χ1n) is 22.2. The quantitative estimate of drug-likeness (QED) is 0.0176. The van der Waals surface area contributed by atoms with E-state index < -0.39 is 50.8 Å². The van der Waals surface area contributed by atoms with Crippen molar-refractivity contribution in [2.45, 2.75) is 212 Å². The number of aliphatic hydroxyl groups is 3. The zero-order chi connectivity index (χ0) is 41.4. The van der Waals surface area contributed by atoms with Crippen molar-refractivity contribution in [1.29, 1.82) is 0 Å². The Bertz CT molecular complexity index is 1090. The van der Waals surface area contributed by atoms with Gasteiger partial charge in [-0.2, -0.15) is 0 Å². The lowest BCUT2D eigenvalue weighted by Crippen LogP contribution is -2.29. The fourth-order valence-corrected chi connectivity index (χ4v) is 7.68. The Balaban J connectivity index is 2.24. The van der Waals surface area contributed by atoms with E-state index in [2.05, 4.69) is 25.3 Å². The average Bonchev–Trinajstić information content (AvgIpc) is 3.41. The van der Waals surface area contributed by atoms with Crippen LogP contribution in [0, 0.1) is 17.8 Å². The maximum absolute atomic E-state index is 12.5. The molecule has 0 radical (unpaired) electrons. The standard InChI is InChI=1S/C44H81O11P/c1-4-5-21-27-37(45)31-32-40-39(41(46)33-42(40)47)28-23-19-20-24-29-43(48)53-34-38(35-54-56(50,51)52)55-44(49)30-25-18-16-14-12-10-8-6-7-9-11-13-15-17-22-26-36(2)3/h19,23,31-32,36-42,45-47H,4-18,20-22,24-30,33-35H2,1-3H3,(H2,50,51,52)/b23-19+,32-31+/t37-,38+,39+,40+,41-,42+/m0/s1. The molecule has 0 aliphatic heterocycles. The van der Waals surface area contributed by atoms with E-state index in [9.17, 15) is 29.5 Å². The summed E-state index contributed by atoms with van der Waals surface area (Å²) < 4.78 is 26.4. The van der Waals surface area contributed by atoms with E-state index in [0.717, 1.165) is 44.4 Å². The molecule has 0 saturated heterocycles. The van der Waals surface area contributed by atoms with Gasteiger partial charge in [-0.15, -0.1) is 0 Å². The molecule has 0 aromatic rings. The van der Waals surface area contributed by atoms with Gasteiger partial charge in [0.2, 0.25) is 0 Å². The molecule has 56 heavy (non-hydrogen) atoms. The molecule has 1 aliphatic carbocycles. The van der Waals surface area contributed by atoms with E-state index in [1.54, 1.807) is 6.08 Å². The average molecular weight is 817 g/mol. The van der Waals surface area contributed by atoms with Crippen molar-refractivity contribution in [3.8, 4) is 0 Å². The van der Waals surface area contributed by atoms with E-state index in [0.29, 0.717) is 38.5 Å². The van der Waals surface area contributed by atoms with Gasteiger partial charge in [-0.1, -0.05) is 161 Å². The number of carbonyl (C=O) groups excluding carboxylic acids is 2. The lowest BCUT2D eigenvalue weighted by Gasteiger charge is -2.19. The molecule has 0 unspecified atom stereocenters. The van der Waals surface area contributed by atoms with E-state index in [-0.39, 0.29) is 31.3 Å². The highest BCUT2D eigenvalue weighted by Crippen LogP contribution is 2.37. The third-order valence-corrected chi connectivity index (χ3v) is 11.2. The summed E-state index contributed by atoms with van der Waals surface area (Å²) in [5.41, 5.74) is 0. The Morgan fingerprint density at radius 1 is 0.714 bits per heavy atom. The molecule has 0 aromatic carbocycles. The van der Waals surface area contributed by atoms with Crippen LogP contribution >= 0.6 is 7.82 Å². The van der Waals surface area contributed by atoms with Crippen molar-refractivity contribution < 1.29 is 53.3 Å². The monoisotopic (exact) mass is 817 g/mol. The van der Waals surface area contributed by atoms with Gasteiger partial charge in [0.05, 0.1) is 24.9 Å². The summed E-state index contributed by atoms with van der Waals surface area (Å²) in [4.78, 5) is 43.1. The first-order valence-corrected chi connectivity index (χ1v) is 23.8. The second-order valence-electron chi connectivity index (χ2n) is 16.5. The first kappa shape index (κ1) is 52.4. The Labute approximate surface area is 339 Å². The smallest absolute Gasteiger partial charge is 0.462 e. The molecule has 0 heterocycles. The van der Waals surface area contributed by atoms with Crippen LogP contribution in [0.2, 0.25) is 0 Å². The molecular weight excluding hydrogens is 735 g/mol. The fraction of sp³-hybridized carbons (Fsp3) is 0.864. The number of hydrogen-bond acceptors (Lipinski definition) is 9. The molecule has 328 valence electrons. The summed E-state index contributed by atoms with van der Waals surface area (Å²) >= 11 is 0. The maximum Gasteiger partial charge on any atom is 0.469 e. The fourth-order valence-electron chi connectivity index (χ4n) is 7.32. The minimum Gasteiger partial charge on any atom is -0.462 e. The Hall–Kier alpha value is -1.59. The number of allylic oxidation sites excluding steroid dienone is 2. The minimum atomic E-state index is -4.81. The van der Waals surface area contributed by atoms with E-state index in [1.165, 1.54) is 77.0 Å². The zero-order valence-electron chi connectivity index (χ0n) is 35.3. The molecule has 0 amide bonds. The summed E-state index contributed by atoms with van der Waals surface area (Å²) in [6.45, 7) is 5.73.